The van der Waals surface area contributed by atoms with Gasteiger partial charge in [0.25, 0.3) is 0 Å². The molecular weight excluding hydrogens is 371 g/mol. The predicted molar refractivity (Wildman–Crippen MR) is 79.4 cm³/mol. The highest BCUT2D eigenvalue weighted by Crippen LogP contribution is 2.28. The van der Waals surface area contributed by atoms with Gasteiger partial charge in [-0.3, -0.25) is 4.79 Å². The molecule has 1 atom stereocenters. The van der Waals surface area contributed by atoms with Gasteiger partial charge >= 0.3 is 6.18 Å². The maximum atomic E-state index is 12.1. The Morgan fingerprint density at radius 3 is 2.57 bits per heavy atom. The van der Waals surface area contributed by atoms with Crippen molar-refractivity contribution in [2.24, 2.45) is 0 Å². The van der Waals surface area contributed by atoms with Gasteiger partial charge < -0.3 is 10.4 Å². The van der Waals surface area contributed by atoms with E-state index in [1.165, 1.54) is 11.8 Å². The first-order valence-electron chi connectivity index (χ1n) is 6.02. The SMILES string of the molecule is Cc1cc(SCC(=O)NCC(O)C(F)(F)F)c(C)cc1Br. The number of hydrogen-bond donors (Lipinski definition) is 2. The van der Waals surface area contributed by atoms with E-state index in [1.54, 1.807) is 0 Å². The molecule has 1 aromatic rings. The van der Waals surface area contributed by atoms with E-state index in [0.29, 0.717) is 0 Å². The molecule has 0 aliphatic rings. The van der Waals surface area contributed by atoms with Crippen molar-refractivity contribution in [1.82, 2.24) is 5.32 Å². The average molecular weight is 386 g/mol. The van der Waals surface area contributed by atoms with Gasteiger partial charge in [0, 0.05) is 9.37 Å². The maximum Gasteiger partial charge on any atom is 0.416 e. The first-order chi connectivity index (χ1) is 9.61. The van der Waals surface area contributed by atoms with Crippen LogP contribution in [0.2, 0.25) is 0 Å². The number of hydrogen-bond acceptors (Lipinski definition) is 3. The van der Waals surface area contributed by atoms with Gasteiger partial charge in [0.1, 0.15) is 0 Å². The third kappa shape index (κ3) is 5.88. The van der Waals surface area contributed by atoms with E-state index >= 15 is 0 Å². The molecule has 118 valence electrons. The number of rotatable bonds is 5. The Morgan fingerprint density at radius 1 is 1.38 bits per heavy atom. The molecule has 0 aromatic heterocycles. The van der Waals surface area contributed by atoms with Gasteiger partial charge in [-0.2, -0.15) is 13.2 Å². The van der Waals surface area contributed by atoms with Crippen LogP contribution in [-0.2, 0) is 4.79 Å². The number of carbonyl (C=O) groups excluding carboxylic acids is 1. The Bertz CT molecular complexity index is 523. The first kappa shape index (κ1) is 18.3. The van der Waals surface area contributed by atoms with Gasteiger partial charge in [-0.1, -0.05) is 15.9 Å². The van der Waals surface area contributed by atoms with Gasteiger partial charge in [0.2, 0.25) is 5.91 Å². The fourth-order valence-corrected chi connectivity index (χ4v) is 2.82. The van der Waals surface area contributed by atoms with Crippen LogP contribution in [0.4, 0.5) is 13.2 Å². The molecule has 0 aliphatic heterocycles. The normalized spacial score (nSPS) is 13.1. The van der Waals surface area contributed by atoms with Crippen LogP contribution in [0.1, 0.15) is 11.1 Å². The van der Waals surface area contributed by atoms with E-state index in [0.717, 1.165) is 20.5 Å². The molecule has 3 nitrogen and oxygen atoms in total. The lowest BCUT2D eigenvalue weighted by atomic mass is 10.2. The molecule has 0 saturated heterocycles. The quantitative estimate of drug-likeness (QED) is 0.765. The molecule has 1 amide bonds. The number of benzene rings is 1. The Kier molecular flexibility index (Phi) is 6.55. The number of amides is 1. The molecule has 21 heavy (non-hydrogen) atoms. The van der Waals surface area contributed by atoms with Crippen LogP contribution in [0.3, 0.4) is 0 Å². The van der Waals surface area contributed by atoms with Crippen molar-refractivity contribution in [3.8, 4) is 0 Å². The highest BCUT2D eigenvalue weighted by molar-refractivity contribution is 9.10. The number of halogens is 4. The van der Waals surface area contributed by atoms with Crippen molar-refractivity contribution < 1.29 is 23.1 Å². The van der Waals surface area contributed by atoms with Crippen molar-refractivity contribution in [2.45, 2.75) is 31.0 Å². The zero-order valence-corrected chi connectivity index (χ0v) is 13.8. The molecule has 0 radical (unpaired) electrons. The van der Waals surface area contributed by atoms with Crippen molar-refractivity contribution >= 4 is 33.6 Å². The lowest BCUT2D eigenvalue weighted by Gasteiger charge is -2.15. The Morgan fingerprint density at radius 2 is 2.00 bits per heavy atom. The van der Waals surface area contributed by atoms with Crippen LogP contribution in [0.15, 0.2) is 21.5 Å². The summed E-state index contributed by atoms with van der Waals surface area (Å²) in [5.74, 6) is -0.560. The zero-order chi connectivity index (χ0) is 16.2. The minimum absolute atomic E-state index is 0.00745. The first-order valence-corrected chi connectivity index (χ1v) is 7.80. The van der Waals surface area contributed by atoms with Crippen LogP contribution in [-0.4, -0.2) is 35.6 Å². The summed E-state index contributed by atoms with van der Waals surface area (Å²) in [5.41, 5.74) is 1.98. The highest BCUT2D eigenvalue weighted by atomic mass is 79.9. The molecular formula is C13H15BrF3NO2S. The molecule has 0 saturated carbocycles. The van der Waals surface area contributed by atoms with Gasteiger partial charge in [0.15, 0.2) is 6.10 Å². The van der Waals surface area contributed by atoms with Gasteiger partial charge in [-0.15, -0.1) is 11.8 Å². The fraction of sp³-hybridized carbons (Fsp3) is 0.462. The third-order valence-corrected chi connectivity index (χ3v) is 4.70. The second kappa shape index (κ2) is 7.51. The minimum Gasteiger partial charge on any atom is -0.382 e. The van der Waals surface area contributed by atoms with E-state index in [9.17, 15) is 18.0 Å². The van der Waals surface area contributed by atoms with E-state index in [1.807, 2.05) is 26.0 Å². The molecule has 1 unspecified atom stereocenters. The molecule has 2 N–H and O–H groups in total. The number of thioether (sulfide) groups is 1. The lowest BCUT2D eigenvalue weighted by Crippen LogP contribution is -2.41. The summed E-state index contributed by atoms with van der Waals surface area (Å²) in [7, 11) is 0. The summed E-state index contributed by atoms with van der Waals surface area (Å²) in [6.45, 7) is 2.96. The van der Waals surface area contributed by atoms with Crippen molar-refractivity contribution in [1.29, 1.82) is 0 Å². The summed E-state index contributed by atoms with van der Waals surface area (Å²) in [6, 6.07) is 3.82. The monoisotopic (exact) mass is 385 g/mol. The Hall–Kier alpha value is -0.730. The number of nitrogens with one attached hydrogen (secondary N) is 1. The van der Waals surface area contributed by atoms with Gasteiger partial charge in [-0.05, 0) is 37.1 Å². The standard InChI is InChI=1S/C13H15BrF3NO2S/c1-7-4-10(8(2)3-9(7)14)21-6-12(20)18-5-11(19)13(15,16)17/h3-4,11,19H,5-6H2,1-2H3,(H,18,20). The maximum absolute atomic E-state index is 12.1. The summed E-state index contributed by atoms with van der Waals surface area (Å²) < 4.78 is 37.2. The average Bonchev–Trinajstić information content (AvgIpc) is 2.37. The van der Waals surface area contributed by atoms with Crippen LogP contribution >= 0.6 is 27.7 Å². The van der Waals surface area contributed by atoms with E-state index < -0.39 is 24.7 Å². The lowest BCUT2D eigenvalue weighted by molar-refractivity contribution is -0.201. The largest absolute Gasteiger partial charge is 0.416 e. The molecule has 0 aliphatic carbocycles. The molecule has 0 fully saturated rings. The second-order valence-electron chi connectivity index (χ2n) is 4.52. The fourth-order valence-electron chi connectivity index (χ4n) is 1.43. The van der Waals surface area contributed by atoms with Crippen LogP contribution in [0, 0.1) is 13.8 Å². The minimum atomic E-state index is -4.72. The molecule has 8 heteroatoms. The van der Waals surface area contributed by atoms with Gasteiger partial charge in [-0.25, -0.2) is 0 Å². The summed E-state index contributed by atoms with van der Waals surface area (Å²) >= 11 is 4.64. The van der Waals surface area contributed by atoms with Crippen molar-refractivity contribution in [3.05, 3.63) is 27.7 Å². The summed E-state index contributed by atoms with van der Waals surface area (Å²) in [4.78, 5) is 12.4. The molecule has 0 bridgehead atoms. The van der Waals surface area contributed by atoms with E-state index in [2.05, 4.69) is 21.2 Å². The Labute approximate surface area is 133 Å². The second-order valence-corrected chi connectivity index (χ2v) is 6.39. The topological polar surface area (TPSA) is 49.3 Å². The zero-order valence-electron chi connectivity index (χ0n) is 11.4. The summed E-state index contributed by atoms with van der Waals surface area (Å²) in [5, 5.41) is 10.8. The van der Waals surface area contributed by atoms with Crippen molar-refractivity contribution in [3.63, 3.8) is 0 Å². The number of alkyl halides is 3. The third-order valence-electron chi connectivity index (χ3n) is 2.69. The number of carbonyl (C=O) groups is 1. The highest BCUT2D eigenvalue weighted by Gasteiger charge is 2.38. The molecule has 1 aromatic carbocycles. The van der Waals surface area contributed by atoms with Crippen LogP contribution in [0.5, 0.6) is 0 Å². The molecule has 0 heterocycles. The number of aliphatic hydroxyl groups excluding tert-OH is 1. The number of aliphatic hydroxyl groups is 1. The smallest absolute Gasteiger partial charge is 0.382 e. The summed E-state index contributed by atoms with van der Waals surface area (Å²) in [6.07, 6.45) is -7.26. The van der Waals surface area contributed by atoms with Gasteiger partial charge in [0.05, 0.1) is 12.3 Å². The molecule has 0 spiro atoms. The Balaban J connectivity index is 2.49. The van der Waals surface area contributed by atoms with Crippen LogP contribution in [0.25, 0.3) is 0 Å². The predicted octanol–water partition coefficient (Wildman–Crippen LogP) is 3.20. The molecule has 1 rings (SSSR count). The van der Waals surface area contributed by atoms with E-state index in [-0.39, 0.29) is 5.75 Å². The van der Waals surface area contributed by atoms with Crippen molar-refractivity contribution in [2.75, 3.05) is 12.3 Å². The van der Waals surface area contributed by atoms with E-state index in [4.69, 9.17) is 5.11 Å². The van der Waals surface area contributed by atoms with Crippen LogP contribution < -0.4 is 5.32 Å². The number of aryl methyl sites for hydroxylation is 2.